The van der Waals surface area contributed by atoms with Crippen molar-refractivity contribution in [2.45, 2.75) is 6.54 Å². The summed E-state index contributed by atoms with van der Waals surface area (Å²) in [5.74, 6) is 0.569. The molecule has 3 rings (SSSR count). The number of nitrogen functional groups attached to an aromatic ring is 2. The van der Waals surface area contributed by atoms with Gasteiger partial charge in [0.05, 0.1) is 5.69 Å². The number of aromatic nitrogens is 2. The Kier molecular flexibility index (Phi) is 4.54. The Morgan fingerprint density at radius 1 is 1.17 bits per heavy atom. The number of nitrogens with one attached hydrogen (secondary N) is 1. The Morgan fingerprint density at radius 3 is 2.65 bits per heavy atom. The van der Waals surface area contributed by atoms with E-state index in [-0.39, 0.29) is 5.82 Å². The third-order valence-corrected chi connectivity index (χ3v) is 3.97. The Labute approximate surface area is 135 Å². The highest BCUT2D eigenvalue weighted by Crippen LogP contribution is 2.28. The molecule has 1 fully saturated rings. The maximum absolute atomic E-state index is 5.71. The second kappa shape index (κ2) is 6.76. The minimum atomic E-state index is 0.250. The monoisotopic (exact) mass is 314 g/mol. The number of anilines is 2. The van der Waals surface area contributed by atoms with E-state index in [2.05, 4.69) is 43.3 Å². The molecule has 0 atom stereocenters. The Bertz CT molecular complexity index is 665. The first-order valence-corrected chi connectivity index (χ1v) is 7.63. The lowest BCUT2D eigenvalue weighted by Crippen LogP contribution is -2.43. The van der Waals surface area contributed by atoms with Crippen LogP contribution in [0.4, 0.5) is 23.0 Å². The van der Waals surface area contributed by atoms with Crippen LogP contribution in [0.5, 0.6) is 0 Å². The summed E-state index contributed by atoms with van der Waals surface area (Å²) >= 11 is 0. The van der Waals surface area contributed by atoms with Gasteiger partial charge in [-0.1, -0.05) is 12.1 Å². The SMILES string of the molecule is CN1CCN(Cc2cccc(N=Nc3c(N)n[nH]c3N)c2)CC1. The average Bonchev–Trinajstić information content (AvgIpc) is 2.87. The fraction of sp³-hybridized carbons (Fsp3) is 0.400. The highest BCUT2D eigenvalue weighted by molar-refractivity contribution is 5.70. The number of nitrogens with two attached hydrogens (primary N) is 2. The van der Waals surface area contributed by atoms with Crippen molar-refractivity contribution in [2.75, 3.05) is 44.7 Å². The summed E-state index contributed by atoms with van der Waals surface area (Å²) in [6.07, 6.45) is 0. The zero-order valence-electron chi connectivity index (χ0n) is 13.2. The minimum Gasteiger partial charge on any atom is -0.382 e. The van der Waals surface area contributed by atoms with Gasteiger partial charge in [0.1, 0.15) is 5.82 Å². The van der Waals surface area contributed by atoms with E-state index < -0.39 is 0 Å². The Morgan fingerprint density at radius 2 is 1.96 bits per heavy atom. The molecule has 2 heterocycles. The Balaban J connectivity index is 1.68. The molecule has 122 valence electrons. The van der Waals surface area contributed by atoms with Crippen LogP contribution in [-0.2, 0) is 6.54 Å². The second-order valence-corrected chi connectivity index (χ2v) is 5.82. The average molecular weight is 314 g/mol. The lowest BCUT2D eigenvalue weighted by atomic mass is 10.2. The van der Waals surface area contributed by atoms with Gasteiger partial charge < -0.3 is 16.4 Å². The molecule has 0 spiro atoms. The molecular weight excluding hydrogens is 292 g/mol. The van der Waals surface area contributed by atoms with E-state index in [1.807, 2.05) is 18.2 Å². The molecule has 1 aromatic heterocycles. The predicted molar refractivity (Wildman–Crippen MR) is 90.8 cm³/mol. The first kappa shape index (κ1) is 15.4. The van der Waals surface area contributed by atoms with Crippen LogP contribution in [0.15, 0.2) is 34.5 Å². The summed E-state index contributed by atoms with van der Waals surface area (Å²) in [5.41, 5.74) is 13.8. The number of aromatic amines is 1. The molecule has 0 bridgehead atoms. The van der Waals surface area contributed by atoms with Crippen molar-refractivity contribution in [1.29, 1.82) is 0 Å². The molecule has 1 aromatic carbocycles. The molecule has 0 radical (unpaired) electrons. The maximum Gasteiger partial charge on any atom is 0.175 e. The van der Waals surface area contributed by atoms with Crippen molar-refractivity contribution < 1.29 is 0 Å². The van der Waals surface area contributed by atoms with Gasteiger partial charge in [-0.3, -0.25) is 10.00 Å². The summed E-state index contributed by atoms with van der Waals surface area (Å²) in [6, 6.07) is 8.04. The van der Waals surface area contributed by atoms with E-state index in [0.717, 1.165) is 38.4 Å². The second-order valence-electron chi connectivity index (χ2n) is 5.82. The van der Waals surface area contributed by atoms with Crippen molar-refractivity contribution >= 4 is 23.0 Å². The first-order valence-electron chi connectivity index (χ1n) is 7.63. The van der Waals surface area contributed by atoms with Crippen LogP contribution in [0.3, 0.4) is 0 Å². The molecular formula is C15H22N8. The van der Waals surface area contributed by atoms with Crippen LogP contribution >= 0.6 is 0 Å². The lowest BCUT2D eigenvalue weighted by molar-refractivity contribution is 0.148. The van der Waals surface area contributed by atoms with Gasteiger partial charge in [-0.15, -0.1) is 5.11 Å². The fourth-order valence-electron chi connectivity index (χ4n) is 2.56. The summed E-state index contributed by atoms with van der Waals surface area (Å²) in [7, 11) is 2.16. The number of likely N-dealkylation sites (N-methyl/N-ethyl adjacent to an activating group) is 1. The van der Waals surface area contributed by atoms with E-state index in [4.69, 9.17) is 11.5 Å². The topological polar surface area (TPSA) is 112 Å². The van der Waals surface area contributed by atoms with Gasteiger partial charge in [-0.25, -0.2) is 0 Å². The molecule has 0 aliphatic carbocycles. The van der Waals surface area contributed by atoms with Crippen molar-refractivity contribution in [3.05, 3.63) is 29.8 Å². The van der Waals surface area contributed by atoms with Crippen LogP contribution in [0.1, 0.15) is 5.56 Å². The molecule has 0 amide bonds. The van der Waals surface area contributed by atoms with Gasteiger partial charge in [0.15, 0.2) is 11.5 Å². The van der Waals surface area contributed by atoms with Gasteiger partial charge in [-0.2, -0.15) is 10.2 Å². The number of azo groups is 1. The number of rotatable bonds is 4. The number of hydrogen-bond acceptors (Lipinski definition) is 7. The molecule has 8 nitrogen and oxygen atoms in total. The van der Waals surface area contributed by atoms with E-state index in [1.54, 1.807) is 0 Å². The number of hydrogen-bond donors (Lipinski definition) is 3. The molecule has 1 saturated heterocycles. The summed E-state index contributed by atoms with van der Waals surface area (Å²) < 4.78 is 0. The Hall–Kier alpha value is -2.45. The van der Waals surface area contributed by atoms with E-state index >= 15 is 0 Å². The van der Waals surface area contributed by atoms with Gasteiger partial charge >= 0.3 is 0 Å². The number of benzene rings is 1. The zero-order chi connectivity index (χ0) is 16.2. The van der Waals surface area contributed by atoms with Crippen molar-refractivity contribution in [3.8, 4) is 0 Å². The molecule has 0 unspecified atom stereocenters. The molecule has 5 N–H and O–H groups in total. The minimum absolute atomic E-state index is 0.250. The van der Waals surface area contributed by atoms with Crippen molar-refractivity contribution in [1.82, 2.24) is 20.0 Å². The zero-order valence-corrected chi connectivity index (χ0v) is 13.2. The molecule has 1 aliphatic rings. The predicted octanol–water partition coefficient (Wildman–Crippen LogP) is 1.74. The van der Waals surface area contributed by atoms with Crippen molar-refractivity contribution in [2.24, 2.45) is 10.2 Å². The van der Waals surface area contributed by atoms with E-state index in [9.17, 15) is 0 Å². The van der Waals surface area contributed by atoms with E-state index in [0.29, 0.717) is 11.5 Å². The molecule has 1 aliphatic heterocycles. The summed E-state index contributed by atoms with van der Waals surface area (Å²) in [5, 5.41) is 14.7. The van der Waals surface area contributed by atoms with Crippen LogP contribution in [0, 0.1) is 0 Å². The fourth-order valence-corrected chi connectivity index (χ4v) is 2.56. The number of H-pyrrole nitrogens is 1. The molecule has 23 heavy (non-hydrogen) atoms. The number of nitrogens with zero attached hydrogens (tertiary/aromatic N) is 5. The quantitative estimate of drug-likeness (QED) is 0.744. The smallest absolute Gasteiger partial charge is 0.175 e. The van der Waals surface area contributed by atoms with Gasteiger partial charge in [0, 0.05) is 32.7 Å². The third kappa shape index (κ3) is 3.85. The first-order chi connectivity index (χ1) is 11.1. The van der Waals surface area contributed by atoms with Crippen LogP contribution < -0.4 is 11.5 Å². The molecule has 8 heteroatoms. The highest BCUT2D eigenvalue weighted by atomic mass is 15.3. The number of piperazine rings is 1. The van der Waals surface area contributed by atoms with Crippen LogP contribution in [-0.4, -0.2) is 53.2 Å². The normalized spacial score (nSPS) is 17.1. The highest BCUT2D eigenvalue weighted by Gasteiger charge is 2.13. The molecule has 2 aromatic rings. The van der Waals surface area contributed by atoms with Gasteiger partial charge in [0.25, 0.3) is 0 Å². The maximum atomic E-state index is 5.71. The van der Waals surface area contributed by atoms with Crippen LogP contribution in [0.2, 0.25) is 0 Å². The van der Waals surface area contributed by atoms with Crippen molar-refractivity contribution in [3.63, 3.8) is 0 Å². The lowest BCUT2D eigenvalue weighted by Gasteiger charge is -2.32. The third-order valence-electron chi connectivity index (χ3n) is 3.97. The standard InChI is InChI=1S/C15H22N8/c1-22-5-7-23(8-6-22)10-11-3-2-4-12(9-11)18-19-13-14(16)20-21-15(13)17/h2-4,9H,5-8,10H2,1H3,(H5,16,17,20,21). The largest absolute Gasteiger partial charge is 0.382 e. The van der Waals surface area contributed by atoms with Gasteiger partial charge in [0.2, 0.25) is 0 Å². The summed E-state index contributed by atoms with van der Waals surface area (Å²) in [4.78, 5) is 4.79. The van der Waals surface area contributed by atoms with Gasteiger partial charge in [-0.05, 0) is 24.7 Å². The van der Waals surface area contributed by atoms with E-state index in [1.165, 1.54) is 5.56 Å². The van der Waals surface area contributed by atoms with Crippen LogP contribution in [0.25, 0.3) is 0 Å². The molecule has 0 saturated carbocycles. The summed E-state index contributed by atoms with van der Waals surface area (Å²) in [6.45, 7) is 5.32.